The maximum absolute atomic E-state index is 11.4. The van der Waals surface area contributed by atoms with Crippen LogP contribution in [0.4, 0.5) is 4.79 Å². The second-order valence-electron chi connectivity index (χ2n) is 6.50. The van der Waals surface area contributed by atoms with E-state index in [1.54, 1.807) is 0 Å². The summed E-state index contributed by atoms with van der Waals surface area (Å²) in [6.45, 7) is 6.39. The van der Waals surface area contributed by atoms with Crippen LogP contribution in [0.15, 0.2) is 30.3 Å². The third-order valence-corrected chi connectivity index (χ3v) is 4.72. The van der Waals surface area contributed by atoms with Crippen molar-refractivity contribution in [3.63, 3.8) is 0 Å². The van der Waals surface area contributed by atoms with Gasteiger partial charge in [0.05, 0.1) is 11.6 Å². The number of nitrogens with zero attached hydrogens (tertiary/aromatic N) is 1. The molecule has 1 amide bonds. The van der Waals surface area contributed by atoms with Crippen LogP contribution in [0.25, 0.3) is 0 Å². The molecule has 0 aliphatic carbocycles. The first kappa shape index (κ1) is 15.8. The van der Waals surface area contributed by atoms with Crippen LogP contribution in [0.1, 0.15) is 32.8 Å². The Bertz CT molecular complexity index is 488. The number of carbonyl (C=O) groups is 1. The predicted molar refractivity (Wildman–Crippen MR) is 82.2 cm³/mol. The molecule has 1 aromatic rings. The largest absolute Gasteiger partial charge is 0.465 e. The molecule has 1 aliphatic heterocycles. The second-order valence-corrected chi connectivity index (χ2v) is 6.50. The van der Waals surface area contributed by atoms with Crippen molar-refractivity contribution in [2.24, 2.45) is 11.8 Å². The van der Waals surface area contributed by atoms with Gasteiger partial charge in [-0.3, -0.25) is 0 Å². The predicted octanol–water partition coefficient (Wildman–Crippen LogP) is 3.00. The lowest BCUT2D eigenvalue weighted by atomic mass is 9.75. The topological polar surface area (TPSA) is 60.8 Å². The zero-order chi connectivity index (χ0) is 15.6. The smallest absolute Gasteiger partial charge is 0.407 e. The monoisotopic (exact) mass is 291 g/mol. The molecular formula is C17H25NO3. The zero-order valence-corrected chi connectivity index (χ0v) is 13.0. The summed E-state index contributed by atoms with van der Waals surface area (Å²) >= 11 is 0. The molecule has 1 heterocycles. The summed E-state index contributed by atoms with van der Waals surface area (Å²) in [4.78, 5) is 12.8. The van der Waals surface area contributed by atoms with Gasteiger partial charge in [0.1, 0.15) is 0 Å². The Kier molecular flexibility index (Phi) is 4.57. The molecule has 0 bridgehead atoms. The lowest BCUT2D eigenvalue weighted by Gasteiger charge is -2.40. The Balaban J connectivity index is 2.21. The lowest BCUT2D eigenvalue weighted by Crippen LogP contribution is -2.53. The van der Waals surface area contributed by atoms with Crippen LogP contribution in [-0.4, -0.2) is 39.4 Å². The number of hydrogen-bond donors (Lipinski definition) is 2. The van der Waals surface area contributed by atoms with E-state index < -0.39 is 11.7 Å². The van der Waals surface area contributed by atoms with Gasteiger partial charge in [0, 0.05) is 6.54 Å². The number of likely N-dealkylation sites (tertiary alicyclic amines) is 1. The molecule has 2 N–H and O–H groups in total. The van der Waals surface area contributed by atoms with E-state index in [0.717, 1.165) is 6.42 Å². The minimum atomic E-state index is -0.956. The molecule has 2 rings (SSSR count). The number of amides is 1. The molecule has 0 saturated carbocycles. The highest BCUT2D eigenvalue weighted by molar-refractivity contribution is 5.66. The second kappa shape index (κ2) is 6.06. The van der Waals surface area contributed by atoms with Crippen LogP contribution >= 0.6 is 0 Å². The van der Waals surface area contributed by atoms with Crippen molar-refractivity contribution in [3.8, 4) is 0 Å². The van der Waals surface area contributed by atoms with Crippen molar-refractivity contribution < 1.29 is 15.0 Å². The highest BCUT2D eigenvalue weighted by Gasteiger charge is 2.52. The van der Waals surface area contributed by atoms with E-state index in [4.69, 9.17) is 0 Å². The normalized spacial score (nSPS) is 27.1. The van der Waals surface area contributed by atoms with Gasteiger partial charge in [0.2, 0.25) is 0 Å². The molecule has 0 aromatic heterocycles. The maximum Gasteiger partial charge on any atom is 0.407 e. The first-order valence-electron chi connectivity index (χ1n) is 7.62. The Morgan fingerprint density at radius 1 is 1.33 bits per heavy atom. The van der Waals surface area contributed by atoms with Gasteiger partial charge in [0.25, 0.3) is 0 Å². The summed E-state index contributed by atoms with van der Waals surface area (Å²) in [6, 6.07) is 9.71. The van der Waals surface area contributed by atoms with Gasteiger partial charge >= 0.3 is 6.09 Å². The summed E-state index contributed by atoms with van der Waals surface area (Å²) < 4.78 is 0. The van der Waals surface area contributed by atoms with Crippen molar-refractivity contribution in [2.75, 3.05) is 6.54 Å². The van der Waals surface area contributed by atoms with Crippen LogP contribution in [0.2, 0.25) is 0 Å². The summed E-state index contributed by atoms with van der Waals surface area (Å²) in [5.41, 5.74) is 0.220. The minimum Gasteiger partial charge on any atom is -0.465 e. The zero-order valence-electron chi connectivity index (χ0n) is 13.0. The van der Waals surface area contributed by atoms with Gasteiger partial charge in [0.15, 0.2) is 0 Å². The van der Waals surface area contributed by atoms with Crippen molar-refractivity contribution >= 4 is 6.09 Å². The Labute approximate surface area is 126 Å². The average molecular weight is 291 g/mol. The first-order chi connectivity index (χ1) is 9.86. The molecular weight excluding hydrogens is 266 g/mol. The summed E-state index contributed by atoms with van der Waals surface area (Å²) in [5.74, 6) is 0.100. The summed E-state index contributed by atoms with van der Waals surface area (Å²) in [6.07, 6.45) is 0.334. The maximum atomic E-state index is 11.4. The molecule has 4 heteroatoms. The highest BCUT2D eigenvalue weighted by Crippen LogP contribution is 2.40. The van der Waals surface area contributed by atoms with Crippen LogP contribution in [0.5, 0.6) is 0 Å². The van der Waals surface area contributed by atoms with E-state index in [-0.39, 0.29) is 17.9 Å². The van der Waals surface area contributed by atoms with Crippen molar-refractivity contribution in [3.05, 3.63) is 35.9 Å². The van der Waals surface area contributed by atoms with E-state index >= 15 is 0 Å². The van der Waals surface area contributed by atoms with Crippen molar-refractivity contribution in [2.45, 2.75) is 45.3 Å². The van der Waals surface area contributed by atoms with Gasteiger partial charge < -0.3 is 15.1 Å². The van der Waals surface area contributed by atoms with Gasteiger partial charge in [-0.25, -0.2) is 4.79 Å². The number of aliphatic hydroxyl groups is 1. The van der Waals surface area contributed by atoms with Crippen molar-refractivity contribution in [1.82, 2.24) is 4.90 Å². The quantitative estimate of drug-likeness (QED) is 0.896. The Morgan fingerprint density at radius 2 is 1.95 bits per heavy atom. The molecule has 116 valence electrons. The van der Waals surface area contributed by atoms with E-state index in [2.05, 4.69) is 0 Å². The summed E-state index contributed by atoms with van der Waals surface area (Å²) in [5, 5.41) is 20.5. The minimum absolute atomic E-state index is 0.0108. The molecule has 1 saturated heterocycles. The van der Waals surface area contributed by atoms with Crippen LogP contribution in [0, 0.1) is 11.8 Å². The number of rotatable bonds is 4. The van der Waals surface area contributed by atoms with E-state index in [0.29, 0.717) is 13.0 Å². The summed E-state index contributed by atoms with van der Waals surface area (Å²) in [7, 11) is 0. The molecule has 1 unspecified atom stereocenters. The van der Waals surface area contributed by atoms with Gasteiger partial charge in [-0.1, -0.05) is 51.1 Å². The standard InChI is InChI=1S/C17H25NO3/c1-12(2)15-17(21,9-10-18(15)16(19)20)13(3)11-14-7-5-4-6-8-14/h4-8,12-13,15,21H,9-11H2,1-3H3,(H,19,20)/t13?,15-,17-/m0/s1. The molecule has 0 spiro atoms. The SMILES string of the molecule is CC(C)[C@@H]1N(C(=O)O)CC[C@]1(O)C(C)Cc1ccccc1. The number of carboxylic acid groups (broad SMARTS) is 1. The molecule has 1 aliphatic rings. The molecule has 4 nitrogen and oxygen atoms in total. The molecule has 0 radical (unpaired) electrons. The van der Waals surface area contributed by atoms with Crippen LogP contribution in [-0.2, 0) is 6.42 Å². The lowest BCUT2D eigenvalue weighted by molar-refractivity contribution is -0.0529. The van der Waals surface area contributed by atoms with Gasteiger partial charge in [-0.2, -0.15) is 0 Å². The Hall–Kier alpha value is -1.55. The van der Waals surface area contributed by atoms with Crippen LogP contribution < -0.4 is 0 Å². The molecule has 1 fully saturated rings. The molecule has 21 heavy (non-hydrogen) atoms. The van der Waals surface area contributed by atoms with Gasteiger partial charge in [-0.15, -0.1) is 0 Å². The first-order valence-corrected chi connectivity index (χ1v) is 7.62. The fourth-order valence-electron chi connectivity index (χ4n) is 3.69. The van der Waals surface area contributed by atoms with E-state index in [1.807, 2.05) is 51.1 Å². The fraction of sp³-hybridized carbons (Fsp3) is 0.588. The number of hydrogen-bond acceptors (Lipinski definition) is 2. The van der Waals surface area contributed by atoms with Crippen molar-refractivity contribution in [1.29, 1.82) is 0 Å². The third-order valence-electron chi connectivity index (χ3n) is 4.72. The fourth-order valence-corrected chi connectivity index (χ4v) is 3.69. The molecule has 3 atom stereocenters. The van der Waals surface area contributed by atoms with Gasteiger partial charge in [-0.05, 0) is 30.2 Å². The number of benzene rings is 1. The van der Waals surface area contributed by atoms with E-state index in [9.17, 15) is 15.0 Å². The Morgan fingerprint density at radius 3 is 2.48 bits per heavy atom. The average Bonchev–Trinajstić information content (AvgIpc) is 2.79. The van der Waals surface area contributed by atoms with Crippen LogP contribution in [0.3, 0.4) is 0 Å². The third kappa shape index (κ3) is 3.05. The van der Waals surface area contributed by atoms with E-state index in [1.165, 1.54) is 10.5 Å². The molecule has 1 aromatic carbocycles. The highest BCUT2D eigenvalue weighted by atomic mass is 16.4.